The summed E-state index contributed by atoms with van der Waals surface area (Å²) in [5.74, 6) is -0.648. The third kappa shape index (κ3) is 6.33. The van der Waals surface area contributed by atoms with Crippen LogP contribution in [0.25, 0.3) is 0 Å². The van der Waals surface area contributed by atoms with Crippen molar-refractivity contribution in [2.24, 2.45) is 11.8 Å². The highest BCUT2D eigenvalue weighted by atomic mass is 16.6. The van der Waals surface area contributed by atoms with E-state index in [-0.39, 0.29) is 24.4 Å². The Morgan fingerprint density at radius 1 is 1.14 bits per heavy atom. The van der Waals surface area contributed by atoms with Crippen molar-refractivity contribution in [2.75, 3.05) is 6.61 Å². The van der Waals surface area contributed by atoms with E-state index in [0.29, 0.717) is 6.42 Å². The number of alkyl carbamates (subject to hydrolysis) is 1. The molecule has 1 rings (SSSR count). The molecule has 2 N–H and O–H groups in total. The summed E-state index contributed by atoms with van der Waals surface area (Å²) >= 11 is 0. The van der Waals surface area contributed by atoms with E-state index >= 15 is 0 Å². The molecule has 0 aliphatic heterocycles. The minimum atomic E-state index is -0.599. The predicted octanol–water partition coefficient (Wildman–Crippen LogP) is 1.85. The van der Waals surface area contributed by atoms with Gasteiger partial charge in [-0.3, -0.25) is 4.79 Å². The Bertz CT molecular complexity index is 394. The van der Waals surface area contributed by atoms with E-state index in [4.69, 9.17) is 9.47 Å². The zero-order chi connectivity index (χ0) is 16.4. The van der Waals surface area contributed by atoms with Crippen molar-refractivity contribution >= 4 is 12.1 Å². The minimum Gasteiger partial charge on any atom is -0.460 e. The third-order valence-electron chi connectivity index (χ3n) is 2.96. The number of amides is 1. The van der Waals surface area contributed by atoms with Gasteiger partial charge in [-0.2, -0.15) is 0 Å². The lowest BCUT2D eigenvalue weighted by atomic mass is 10.1. The summed E-state index contributed by atoms with van der Waals surface area (Å²) in [6.07, 6.45) is 0.0204. The minimum absolute atomic E-state index is 0.0997. The summed E-state index contributed by atoms with van der Waals surface area (Å²) in [5, 5.41) is 12.0. The first kappa shape index (κ1) is 17.8. The van der Waals surface area contributed by atoms with Crippen LogP contribution in [0.2, 0.25) is 0 Å². The smallest absolute Gasteiger partial charge is 0.407 e. The van der Waals surface area contributed by atoms with Crippen molar-refractivity contribution in [3.05, 3.63) is 0 Å². The van der Waals surface area contributed by atoms with Crippen molar-refractivity contribution in [3.63, 3.8) is 0 Å². The maximum Gasteiger partial charge on any atom is 0.407 e. The van der Waals surface area contributed by atoms with E-state index in [2.05, 4.69) is 5.32 Å². The number of nitrogens with one attached hydrogen (secondary N) is 1. The summed E-state index contributed by atoms with van der Waals surface area (Å²) in [6.45, 7) is 10.5. The predicted molar refractivity (Wildman–Crippen MR) is 77.7 cm³/mol. The second-order valence-corrected chi connectivity index (χ2v) is 7.47. The van der Waals surface area contributed by atoms with Crippen LogP contribution in [0, 0.1) is 11.8 Å². The molecule has 0 spiro atoms. The van der Waals surface area contributed by atoms with Gasteiger partial charge in [0.1, 0.15) is 11.2 Å². The molecule has 1 fully saturated rings. The average Bonchev–Trinajstić information content (AvgIpc) is 3.00. The molecule has 0 bridgehead atoms. The van der Waals surface area contributed by atoms with Crippen LogP contribution in [0.1, 0.15) is 48.0 Å². The van der Waals surface area contributed by atoms with Gasteiger partial charge in [-0.1, -0.05) is 0 Å². The molecule has 0 heterocycles. The van der Waals surface area contributed by atoms with Gasteiger partial charge in [0, 0.05) is 0 Å². The zero-order valence-electron chi connectivity index (χ0n) is 13.7. The lowest BCUT2D eigenvalue weighted by Crippen LogP contribution is -2.43. The van der Waals surface area contributed by atoms with E-state index in [1.54, 1.807) is 20.8 Å². The zero-order valence-corrected chi connectivity index (χ0v) is 13.7. The molecule has 0 aromatic heterocycles. The molecule has 0 unspecified atom stereocenters. The van der Waals surface area contributed by atoms with Crippen molar-refractivity contribution in [1.29, 1.82) is 0 Å². The first-order valence-corrected chi connectivity index (χ1v) is 7.26. The number of rotatable bonds is 4. The molecule has 1 aliphatic carbocycles. The number of aliphatic hydroxyl groups is 1. The standard InChI is InChI=1S/C15H27NO5/c1-14(2,3)20-12(18)10-7-9(10)11(8-17)16-13(19)21-15(4,5)6/h9-11,17H,7-8H2,1-6H3,(H,16,19)/t9-,10-,11+/m0/s1. The number of carbonyl (C=O) groups is 2. The third-order valence-corrected chi connectivity index (χ3v) is 2.96. The molecule has 122 valence electrons. The van der Waals surface area contributed by atoms with Gasteiger partial charge in [0.15, 0.2) is 0 Å². The van der Waals surface area contributed by atoms with Gasteiger partial charge in [-0.05, 0) is 53.9 Å². The van der Waals surface area contributed by atoms with Gasteiger partial charge in [0.2, 0.25) is 0 Å². The lowest BCUT2D eigenvalue weighted by Gasteiger charge is -2.23. The highest BCUT2D eigenvalue weighted by Gasteiger charge is 2.50. The summed E-state index contributed by atoms with van der Waals surface area (Å²) in [7, 11) is 0. The van der Waals surface area contributed by atoms with Crippen LogP contribution in [-0.4, -0.2) is 41.0 Å². The van der Waals surface area contributed by atoms with E-state index < -0.39 is 23.3 Å². The highest BCUT2D eigenvalue weighted by Crippen LogP contribution is 2.42. The first-order chi connectivity index (χ1) is 9.43. The highest BCUT2D eigenvalue weighted by molar-refractivity contribution is 5.76. The normalized spacial score (nSPS) is 23.2. The number of hydrogen-bond acceptors (Lipinski definition) is 5. The summed E-state index contributed by atoms with van der Waals surface area (Å²) in [5.41, 5.74) is -1.13. The second-order valence-electron chi connectivity index (χ2n) is 7.47. The first-order valence-electron chi connectivity index (χ1n) is 7.26. The lowest BCUT2D eigenvalue weighted by molar-refractivity contribution is -0.157. The molecular formula is C15H27NO5. The van der Waals surface area contributed by atoms with Crippen LogP contribution in [0.5, 0.6) is 0 Å². The maximum absolute atomic E-state index is 11.9. The number of esters is 1. The SMILES string of the molecule is CC(C)(C)OC(=O)N[C@H](CO)[C@H]1C[C@@H]1C(=O)OC(C)(C)C. The fraction of sp³-hybridized carbons (Fsp3) is 0.867. The van der Waals surface area contributed by atoms with Crippen LogP contribution in [0.4, 0.5) is 4.79 Å². The molecule has 0 radical (unpaired) electrons. The Morgan fingerprint density at radius 3 is 2.10 bits per heavy atom. The molecule has 3 atom stereocenters. The van der Waals surface area contributed by atoms with Gasteiger partial charge in [-0.25, -0.2) is 4.79 Å². The fourth-order valence-electron chi connectivity index (χ4n) is 2.05. The molecule has 1 saturated carbocycles. The van der Waals surface area contributed by atoms with Gasteiger partial charge >= 0.3 is 12.1 Å². The van der Waals surface area contributed by atoms with Crippen molar-refractivity contribution in [2.45, 2.75) is 65.2 Å². The Morgan fingerprint density at radius 2 is 1.67 bits per heavy atom. The summed E-state index contributed by atoms with van der Waals surface area (Å²) < 4.78 is 10.5. The van der Waals surface area contributed by atoms with E-state index in [1.165, 1.54) is 0 Å². The molecule has 0 saturated heterocycles. The van der Waals surface area contributed by atoms with E-state index in [9.17, 15) is 14.7 Å². The summed E-state index contributed by atoms with van der Waals surface area (Å²) in [4.78, 5) is 23.6. The molecule has 6 nitrogen and oxygen atoms in total. The monoisotopic (exact) mass is 301 g/mol. The molecular weight excluding hydrogens is 274 g/mol. The van der Waals surface area contributed by atoms with Gasteiger partial charge in [0.25, 0.3) is 0 Å². The average molecular weight is 301 g/mol. The number of aliphatic hydroxyl groups excluding tert-OH is 1. The largest absolute Gasteiger partial charge is 0.460 e. The van der Waals surface area contributed by atoms with Crippen molar-refractivity contribution in [3.8, 4) is 0 Å². The molecule has 1 amide bonds. The Kier molecular flexibility index (Phi) is 5.25. The molecule has 1 aliphatic rings. The molecule has 0 aromatic rings. The van der Waals surface area contributed by atoms with Crippen molar-refractivity contribution < 1.29 is 24.2 Å². The van der Waals surface area contributed by atoms with Crippen LogP contribution in [-0.2, 0) is 14.3 Å². The topological polar surface area (TPSA) is 84.9 Å². The van der Waals surface area contributed by atoms with Crippen LogP contribution >= 0.6 is 0 Å². The van der Waals surface area contributed by atoms with Gasteiger partial charge in [0.05, 0.1) is 18.6 Å². The number of carbonyl (C=O) groups excluding carboxylic acids is 2. The Hall–Kier alpha value is -1.30. The molecule has 6 heteroatoms. The number of ether oxygens (including phenoxy) is 2. The summed E-state index contributed by atoms with van der Waals surface area (Å²) in [6, 6.07) is -0.489. The molecule has 21 heavy (non-hydrogen) atoms. The van der Waals surface area contributed by atoms with Gasteiger partial charge < -0.3 is 19.9 Å². The quantitative estimate of drug-likeness (QED) is 0.774. The van der Waals surface area contributed by atoms with Crippen molar-refractivity contribution in [1.82, 2.24) is 5.32 Å². The van der Waals surface area contributed by atoms with Crippen LogP contribution in [0.15, 0.2) is 0 Å². The van der Waals surface area contributed by atoms with Gasteiger partial charge in [-0.15, -0.1) is 0 Å². The van der Waals surface area contributed by atoms with E-state index in [0.717, 1.165) is 0 Å². The Balaban J connectivity index is 2.49. The fourth-order valence-corrected chi connectivity index (χ4v) is 2.05. The number of hydrogen-bond donors (Lipinski definition) is 2. The Labute approximate surface area is 126 Å². The van der Waals surface area contributed by atoms with Crippen LogP contribution in [0.3, 0.4) is 0 Å². The molecule has 0 aromatic carbocycles. The van der Waals surface area contributed by atoms with Crippen LogP contribution < -0.4 is 5.32 Å². The van der Waals surface area contributed by atoms with E-state index in [1.807, 2.05) is 20.8 Å². The maximum atomic E-state index is 11.9. The second kappa shape index (κ2) is 6.22.